The molecule has 0 saturated carbocycles. The van der Waals surface area contributed by atoms with Crippen molar-refractivity contribution in [2.24, 2.45) is 0 Å². The highest BCUT2D eigenvalue weighted by atomic mass is 127. The lowest BCUT2D eigenvalue weighted by Gasteiger charge is -2.07. The molecule has 8 heteroatoms. The molecule has 1 aromatic carbocycles. The summed E-state index contributed by atoms with van der Waals surface area (Å²) in [6, 6.07) is 11.1. The molecule has 0 aliphatic carbocycles. The minimum Gasteiger partial charge on any atom is -0.483 e. The van der Waals surface area contributed by atoms with Gasteiger partial charge in [-0.2, -0.15) is 9.36 Å². The predicted octanol–water partition coefficient (Wildman–Crippen LogP) is 3.73. The van der Waals surface area contributed by atoms with E-state index in [2.05, 4.69) is 37.3 Å². The Morgan fingerprint density at radius 3 is 2.91 bits per heavy atom. The molecule has 0 bridgehead atoms. The van der Waals surface area contributed by atoms with Crippen molar-refractivity contribution in [1.29, 1.82) is 0 Å². The monoisotopic (exact) mass is 441 g/mol. The number of hydrogen-bond donors (Lipinski definition) is 1. The quantitative estimate of drug-likeness (QED) is 0.611. The molecule has 2 aromatic heterocycles. The van der Waals surface area contributed by atoms with Gasteiger partial charge in [-0.15, -0.1) is 0 Å². The van der Waals surface area contributed by atoms with Crippen LogP contribution in [0.2, 0.25) is 0 Å². The van der Waals surface area contributed by atoms with E-state index in [4.69, 9.17) is 9.15 Å². The second kappa shape index (κ2) is 7.09. The fourth-order valence-electron chi connectivity index (χ4n) is 1.83. The van der Waals surface area contributed by atoms with Crippen LogP contribution in [0.5, 0.6) is 5.75 Å². The van der Waals surface area contributed by atoms with Crippen LogP contribution in [-0.4, -0.2) is 21.9 Å². The van der Waals surface area contributed by atoms with Crippen LogP contribution in [0.3, 0.4) is 0 Å². The van der Waals surface area contributed by atoms with Crippen molar-refractivity contribution in [1.82, 2.24) is 9.36 Å². The number of anilines is 1. The molecule has 0 aliphatic rings. The second-order valence-electron chi connectivity index (χ2n) is 4.63. The summed E-state index contributed by atoms with van der Waals surface area (Å²) in [5, 5.41) is 3.07. The zero-order valence-corrected chi connectivity index (χ0v) is 15.1. The minimum atomic E-state index is -0.287. The third-order valence-corrected chi connectivity index (χ3v) is 4.13. The van der Waals surface area contributed by atoms with Gasteiger partial charge in [0.15, 0.2) is 16.1 Å². The maximum atomic E-state index is 11.9. The third kappa shape index (κ3) is 4.08. The first-order chi connectivity index (χ1) is 11.1. The average Bonchev–Trinajstić information content (AvgIpc) is 3.15. The van der Waals surface area contributed by atoms with Crippen LogP contribution in [0.15, 0.2) is 40.8 Å². The Morgan fingerprint density at radius 1 is 1.35 bits per heavy atom. The van der Waals surface area contributed by atoms with Crippen molar-refractivity contribution in [2.45, 2.75) is 6.92 Å². The Balaban J connectivity index is 1.58. The van der Waals surface area contributed by atoms with Crippen LogP contribution in [0, 0.1) is 10.7 Å². The van der Waals surface area contributed by atoms with E-state index in [1.165, 1.54) is 0 Å². The van der Waals surface area contributed by atoms with Crippen LogP contribution < -0.4 is 10.1 Å². The number of benzene rings is 1. The van der Waals surface area contributed by atoms with Gasteiger partial charge in [0.25, 0.3) is 5.91 Å². The minimum absolute atomic E-state index is 0.0849. The first-order valence-corrected chi connectivity index (χ1v) is 8.55. The summed E-state index contributed by atoms with van der Waals surface area (Å²) in [6.45, 7) is 1.84. The van der Waals surface area contributed by atoms with E-state index >= 15 is 0 Å². The van der Waals surface area contributed by atoms with Crippen molar-refractivity contribution in [2.75, 3.05) is 11.9 Å². The highest BCUT2D eigenvalue weighted by molar-refractivity contribution is 14.1. The summed E-state index contributed by atoms with van der Waals surface area (Å²) < 4.78 is 15.8. The van der Waals surface area contributed by atoms with Gasteiger partial charge in [0.05, 0.1) is 0 Å². The molecule has 3 aromatic rings. The lowest BCUT2D eigenvalue weighted by atomic mass is 10.2. The molecule has 0 spiro atoms. The number of para-hydroxylation sites is 1. The standard InChI is InChI=1S/C15H12IN3O3S/c1-9-4-2-3-5-10(9)21-8-13(20)17-15-18-14(19-23-15)11-6-7-12(16)22-11/h2-7H,8H2,1H3,(H,17,18,19,20). The number of hydrogen-bond acceptors (Lipinski definition) is 6. The number of carbonyl (C=O) groups is 1. The van der Waals surface area contributed by atoms with E-state index in [1.54, 1.807) is 6.07 Å². The molecular formula is C15H12IN3O3S. The summed E-state index contributed by atoms with van der Waals surface area (Å²) in [4.78, 5) is 16.2. The van der Waals surface area contributed by atoms with E-state index in [-0.39, 0.29) is 12.5 Å². The van der Waals surface area contributed by atoms with Crippen LogP contribution in [0.25, 0.3) is 11.6 Å². The summed E-state index contributed by atoms with van der Waals surface area (Å²) in [7, 11) is 0. The molecule has 1 N–H and O–H groups in total. The van der Waals surface area contributed by atoms with E-state index in [0.717, 1.165) is 20.9 Å². The lowest BCUT2D eigenvalue weighted by Crippen LogP contribution is -2.20. The summed E-state index contributed by atoms with van der Waals surface area (Å²) in [6.07, 6.45) is 0. The van der Waals surface area contributed by atoms with Crippen molar-refractivity contribution in [3.63, 3.8) is 0 Å². The Labute approximate surface area is 150 Å². The SMILES string of the molecule is Cc1ccccc1OCC(=O)Nc1nc(-c2ccc(I)o2)ns1. The lowest BCUT2D eigenvalue weighted by molar-refractivity contribution is -0.118. The Kier molecular flexibility index (Phi) is 4.91. The van der Waals surface area contributed by atoms with Crippen molar-refractivity contribution < 1.29 is 13.9 Å². The van der Waals surface area contributed by atoms with Gasteiger partial charge >= 0.3 is 0 Å². The van der Waals surface area contributed by atoms with Gasteiger partial charge in [0, 0.05) is 11.5 Å². The molecule has 0 saturated heterocycles. The van der Waals surface area contributed by atoms with Gasteiger partial charge in [-0.3, -0.25) is 10.1 Å². The first-order valence-electron chi connectivity index (χ1n) is 6.69. The second-order valence-corrected chi connectivity index (χ2v) is 6.44. The van der Waals surface area contributed by atoms with Crippen LogP contribution in [0.4, 0.5) is 5.13 Å². The molecule has 0 radical (unpaired) electrons. The van der Waals surface area contributed by atoms with Gasteiger partial charge in [-0.05, 0) is 53.3 Å². The fourth-order valence-corrected chi connectivity index (χ4v) is 2.83. The maximum Gasteiger partial charge on any atom is 0.264 e. The zero-order chi connectivity index (χ0) is 16.2. The average molecular weight is 441 g/mol. The molecule has 6 nitrogen and oxygen atoms in total. The number of ether oxygens (including phenoxy) is 1. The molecule has 0 aliphatic heterocycles. The molecule has 0 unspecified atom stereocenters. The summed E-state index contributed by atoms with van der Waals surface area (Å²) in [5.74, 6) is 1.42. The molecule has 0 atom stereocenters. The van der Waals surface area contributed by atoms with Crippen molar-refractivity contribution in [3.05, 3.63) is 45.7 Å². The van der Waals surface area contributed by atoms with Gasteiger partial charge in [-0.25, -0.2) is 0 Å². The normalized spacial score (nSPS) is 10.5. The van der Waals surface area contributed by atoms with E-state index in [1.807, 2.05) is 37.3 Å². The van der Waals surface area contributed by atoms with Crippen molar-refractivity contribution >= 4 is 45.2 Å². The molecule has 2 heterocycles. The van der Waals surface area contributed by atoms with Gasteiger partial charge < -0.3 is 9.15 Å². The zero-order valence-electron chi connectivity index (χ0n) is 12.1. The molecule has 23 heavy (non-hydrogen) atoms. The number of carbonyl (C=O) groups excluding carboxylic acids is 1. The number of nitrogens with one attached hydrogen (secondary N) is 1. The maximum absolute atomic E-state index is 11.9. The number of aromatic nitrogens is 2. The van der Waals surface area contributed by atoms with Gasteiger partial charge in [-0.1, -0.05) is 18.2 Å². The van der Waals surface area contributed by atoms with Crippen LogP contribution >= 0.6 is 34.1 Å². The number of furan rings is 1. The molecule has 0 fully saturated rings. The summed E-state index contributed by atoms with van der Waals surface area (Å²) in [5.41, 5.74) is 0.978. The molecule has 118 valence electrons. The molecule has 3 rings (SSSR count). The van der Waals surface area contributed by atoms with Gasteiger partial charge in [0.2, 0.25) is 11.0 Å². The number of amides is 1. The smallest absolute Gasteiger partial charge is 0.264 e. The Hall–Kier alpha value is -1.94. The number of halogens is 1. The van der Waals surface area contributed by atoms with E-state index in [0.29, 0.717) is 22.5 Å². The number of aryl methyl sites for hydroxylation is 1. The molecular weight excluding hydrogens is 429 g/mol. The van der Waals surface area contributed by atoms with E-state index in [9.17, 15) is 4.79 Å². The third-order valence-electron chi connectivity index (χ3n) is 2.92. The predicted molar refractivity (Wildman–Crippen MR) is 95.6 cm³/mol. The van der Waals surface area contributed by atoms with Crippen molar-refractivity contribution in [3.8, 4) is 17.3 Å². The number of rotatable bonds is 5. The first kappa shape index (κ1) is 15.9. The highest BCUT2D eigenvalue weighted by Gasteiger charge is 2.13. The summed E-state index contributed by atoms with van der Waals surface area (Å²) >= 11 is 3.16. The largest absolute Gasteiger partial charge is 0.483 e. The van der Waals surface area contributed by atoms with Crippen LogP contribution in [0.1, 0.15) is 5.56 Å². The van der Waals surface area contributed by atoms with Crippen LogP contribution in [-0.2, 0) is 4.79 Å². The Morgan fingerprint density at radius 2 is 2.17 bits per heavy atom. The van der Waals surface area contributed by atoms with E-state index < -0.39 is 0 Å². The van der Waals surface area contributed by atoms with Gasteiger partial charge in [0.1, 0.15) is 5.75 Å². The number of nitrogens with zero attached hydrogens (tertiary/aromatic N) is 2. The fraction of sp³-hybridized carbons (Fsp3) is 0.133. The Bertz CT molecular complexity index is 831. The topological polar surface area (TPSA) is 77.2 Å². The molecule has 1 amide bonds. The highest BCUT2D eigenvalue weighted by Crippen LogP contribution is 2.24.